The third kappa shape index (κ3) is 1.87. The molecule has 2 heteroatoms. The van der Waals surface area contributed by atoms with Crippen molar-refractivity contribution in [3.63, 3.8) is 0 Å². The van der Waals surface area contributed by atoms with Gasteiger partial charge in [-0.3, -0.25) is 0 Å². The number of rotatable bonds is 1. The average molecular weight is 176 g/mol. The van der Waals surface area contributed by atoms with Crippen molar-refractivity contribution < 1.29 is 0 Å². The van der Waals surface area contributed by atoms with Crippen molar-refractivity contribution in [3.05, 3.63) is 23.5 Å². The second kappa shape index (κ2) is 3.86. The van der Waals surface area contributed by atoms with E-state index in [1.807, 2.05) is 0 Å². The minimum absolute atomic E-state index is 0.683. The summed E-state index contributed by atoms with van der Waals surface area (Å²) in [4.78, 5) is 0. The molecule has 2 nitrogen and oxygen atoms in total. The average Bonchev–Trinajstić information content (AvgIpc) is 2.20. The van der Waals surface area contributed by atoms with E-state index in [0.29, 0.717) is 5.92 Å². The fourth-order valence-corrected chi connectivity index (χ4v) is 2.18. The summed E-state index contributed by atoms with van der Waals surface area (Å²) in [5, 5.41) is 8.22. The molecule has 0 N–H and O–H groups in total. The molecule has 1 fully saturated rings. The van der Waals surface area contributed by atoms with E-state index in [1.165, 1.54) is 43.4 Å². The Bertz CT molecular complexity index is 277. The van der Waals surface area contributed by atoms with Crippen LogP contribution in [0.1, 0.15) is 49.3 Å². The molecule has 1 aromatic rings. The zero-order valence-electron chi connectivity index (χ0n) is 8.16. The lowest BCUT2D eigenvalue weighted by Gasteiger charge is -2.21. The Labute approximate surface area is 79.4 Å². The molecular formula is C11H16N2. The van der Waals surface area contributed by atoms with Crippen molar-refractivity contribution in [2.45, 2.75) is 44.9 Å². The van der Waals surface area contributed by atoms with E-state index >= 15 is 0 Å². The van der Waals surface area contributed by atoms with Gasteiger partial charge >= 0.3 is 0 Å². The Morgan fingerprint density at radius 2 is 2.00 bits per heavy atom. The predicted molar refractivity (Wildman–Crippen MR) is 52.6 cm³/mol. The molecule has 13 heavy (non-hydrogen) atoms. The van der Waals surface area contributed by atoms with E-state index in [-0.39, 0.29) is 0 Å². The second-order valence-corrected chi connectivity index (χ2v) is 3.93. The second-order valence-electron chi connectivity index (χ2n) is 3.93. The van der Waals surface area contributed by atoms with Crippen LogP contribution in [0.4, 0.5) is 0 Å². The van der Waals surface area contributed by atoms with Crippen LogP contribution in [0.25, 0.3) is 0 Å². The molecule has 70 valence electrons. The summed E-state index contributed by atoms with van der Waals surface area (Å²) < 4.78 is 0. The van der Waals surface area contributed by atoms with Gasteiger partial charge in [0.1, 0.15) is 0 Å². The highest BCUT2D eigenvalue weighted by Crippen LogP contribution is 2.32. The van der Waals surface area contributed by atoms with Gasteiger partial charge in [-0.05, 0) is 31.4 Å². The van der Waals surface area contributed by atoms with Gasteiger partial charge in [0.25, 0.3) is 0 Å². The van der Waals surface area contributed by atoms with Crippen molar-refractivity contribution >= 4 is 0 Å². The molecule has 0 radical (unpaired) electrons. The van der Waals surface area contributed by atoms with E-state index in [4.69, 9.17) is 0 Å². The molecule has 0 unspecified atom stereocenters. The van der Waals surface area contributed by atoms with Gasteiger partial charge in [0, 0.05) is 12.1 Å². The van der Waals surface area contributed by atoms with Crippen molar-refractivity contribution in [1.29, 1.82) is 0 Å². The van der Waals surface area contributed by atoms with Crippen LogP contribution in [-0.4, -0.2) is 10.2 Å². The number of hydrogen-bond acceptors (Lipinski definition) is 2. The number of nitrogens with zero attached hydrogens (tertiary/aromatic N) is 2. The third-order valence-electron chi connectivity index (χ3n) is 2.95. The van der Waals surface area contributed by atoms with Gasteiger partial charge in [-0.2, -0.15) is 10.2 Å². The summed E-state index contributed by atoms with van der Waals surface area (Å²) in [6.45, 7) is 2.14. The highest BCUT2D eigenvalue weighted by molar-refractivity contribution is 5.19. The Hall–Kier alpha value is -0.920. The number of aryl methyl sites for hydroxylation is 1. The normalized spacial score (nSPS) is 18.8. The van der Waals surface area contributed by atoms with Crippen LogP contribution >= 0.6 is 0 Å². The van der Waals surface area contributed by atoms with Crippen LogP contribution < -0.4 is 0 Å². The maximum absolute atomic E-state index is 4.25. The summed E-state index contributed by atoms with van der Waals surface area (Å²) in [5.41, 5.74) is 2.55. The predicted octanol–water partition coefficient (Wildman–Crippen LogP) is 2.83. The summed E-state index contributed by atoms with van der Waals surface area (Å²) in [5.74, 6) is 0.683. The van der Waals surface area contributed by atoms with Crippen LogP contribution in [0.5, 0.6) is 0 Å². The Morgan fingerprint density at radius 1 is 1.23 bits per heavy atom. The highest BCUT2D eigenvalue weighted by Gasteiger charge is 2.18. The van der Waals surface area contributed by atoms with Gasteiger partial charge in [-0.1, -0.05) is 19.3 Å². The minimum Gasteiger partial charge on any atom is -0.159 e. The van der Waals surface area contributed by atoms with Gasteiger partial charge in [0.15, 0.2) is 0 Å². The fourth-order valence-electron chi connectivity index (χ4n) is 2.18. The molecule has 1 heterocycles. The van der Waals surface area contributed by atoms with Gasteiger partial charge in [0.05, 0.1) is 5.69 Å². The highest BCUT2D eigenvalue weighted by atomic mass is 15.1. The van der Waals surface area contributed by atoms with Crippen LogP contribution in [0, 0.1) is 6.92 Å². The maximum atomic E-state index is 4.25. The maximum Gasteiger partial charge on any atom is 0.0691 e. The monoisotopic (exact) mass is 176 g/mol. The first-order chi connectivity index (χ1) is 6.38. The Balaban J connectivity index is 2.18. The molecule has 0 aliphatic heterocycles. The van der Waals surface area contributed by atoms with E-state index in [0.717, 1.165) is 0 Å². The minimum atomic E-state index is 0.683. The number of aromatic nitrogens is 2. The molecule has 0 bridgehead atoms. The molecular weight excluding hydrogens is 160 g/mol. The molecule has 0 aromatic carbocycles. The van der Waals surface area contributed by atoms with E-state index in [1.54, 1.807) is 6.20 Å². The lowest BCUT2D eigenvalue weighted by atomic mass is 9.85. The third-order valence-corrected chi connectivity index (χ3v) is 2.95. The topological polar surface area (TPSA) is 25.8 Å². The SMILES string of the molecule is Cc1ccnnc1C1CCCCC1. The van der Waals surface area contributed by atoms with Gasteiger partial charge in [0.2, 0.25) is 0 Å². The van der Waals surface area contributed by atoms with E-state index in [9.17, 15) is 0 Å². The van der Waals surface area contributed by atoms with Crippen molar-refractivity contribution in [2.75, 3.05) is 0 Å². The zero-order valence-corrected chi connectivity index (χ0v) is 8.16. The van der Waals surface area contributed by atoms with Crippen molar-refractivity contribution in [3.8, 4) is 0 Å². The van der Waals surface area contributed by atoms with Gasteiger partial charge in [-0.15, -0.1) is 0 Å². The number of hydrogen-bond donors (Lipinski definition) is 0. The molecule has 1 aliphatic rings. The lowest BCUT2D eigenvalue weighted by Crippen LogP contribution is -2.08. The summed E-state index contributed by atoms with van der Waals surface area (Å²) >= 11 is 0. The molecule has 0 amide bonds. The van der Waals surface area contributed by atoms with Crippen LogP contribution in [0.15, 0.2) is 12.3 Å². The summed E-state index contributed by atoms with van der Waals surface area (Å²) in [7, 11) is 0. The van der Waals surface area contributed by atoms with Gasteiger partial charge in [-0.25, -0.2) is 0 Å². The molecule has 0 saturated heterocycles. The smallest absolute Gasteiger partial charge is 0.0691 e. The van der Waals surface area contributed by atoms with Crippen molar-refractivity contribution in [2.24, 2.45) is 0 Å². The lowest BCUT2D eigenvalue weighted by molar-refractivity contribution is 0.432. The Kier molecular flexibility index (Phi) is 2.57. The molecule has 0 spiro atoms. The van der Waals surface area contributed by atoms with Crippen LogP contribution in [-0.2, 0) is 0 Å². The van der Waals surface area contributed by atoms with Crippen LogP contribution in [0.3, 0.4) is 0 Å². The standard InChI is InChI=1S/C11H16N2/c1-9-7-8-12-13-11(9)10-5-3-2-4-6-10/h7-8,10H,2-6H2,1H3. The van der Waals surface area contributed by atoms with E-state index in [2.05, 4.69) is 23.2 Å². The molecule has 0 atom stereocenters. The first-order valence-electron chi connectivity index (χ1n) is 5.16. The van der Waals surface area contributed by atoms with E-state index < -0.39 is 0 Å². The molecule has 1 aromatic heterocycles. The quantitative estimate of drug-likeness (QED) is 0.657. The first-order valence-corrected chi connectivity index (χ1v) is 5.16. The Morgan fingerprint density at radius 3 is 2.69 bits per heavy atom. The molecule has 1 saturated carbocycles. The van der Waals surface area contributed by atoms with Crippen molar-refractivity contribution in [1.82, 2.24) is 10.2 Å². The summed E-state index contributed by atoms with van der Waals surface area (Å²) in [6.07, 6.45) is 8.51. The molecule has 1 aliphatic carbocycles. The molecule has 2 rings (SSSR count). The summed E-state index contributed by atoms with van der Waals surface area (Å²) in [6, 6.07) is 2.07. The first kappa shape index (κ1) is 8.67. The van der Waals surface area contributed by atoms with Gasteiger partial charge < -0.3 is 0 Å². The van der Waals surface area contributed by atoms with Crippen LogP contribution in [0.2, 0.25) is 0 Å². The fraction of sp³-hybridized carbons (Fsp3) is 0.636. The largest absolute Gasteiger partial charge is 0.159 e. The zero-order chi connectivity index (χ0) is 9.10.